The van der Waals surface area contributed by atoms with Crippen LogP contribution in [-0.2, 0) is 0 Å². The van der Waals surface area contributed by atoms with Crippen molar-refractivity contribution in [1.82, 2.24) is 14.3 Å². The van der Waals surface area contributed by atoms with Gasteiger partial charge >= 0.3 is 0 Å². The van der Waals surface area contributed by atoms with Gasteiger partial charge in [-0.05, 0) is 19.1 Å². The maximum absolute atomic E-state index is 13.9. The third-order valence-corrected chi connectivity index (χ3v) is 5.33. The zero-order chi connectivity index (χ0) is 16.7. The number of para-hydroxylation sites is 1. The first-order valence-electron chi connectivity index (χ1n) is 7.85. The molecule has 124 valence electrons. The fourth-order valence-corrected chi connectivity index (χ4v) is 3.87. The van der Waals surface area contributed by atoms with Crippen LogP contribution >= 0.6 is 11.3 Å². The lowest BCUT2D eigenvalue weighted by Crippen LogP contribution is -2.49. The van der Waals surface area contributed by atoms with E-state index < -0.39 is 0 Å². The molecular weight excluding hydrogens is 327 g/mol. The molecule has 1 aliphatic heterocycles. The van der Waals surface area contributed by atoms with Crippen molar-refractivity contribution >= 4 is 27.9 Å². The zero-order valence-corrected chi connectivity index (χ0v) is 14.1. The molecule has 1 amide bonds. The number of anilines is 1. The molecule has 1 aliphatic rings. The third kappa shape index (κ3) is 2.54. The molecule has 0 unspecified atom stereocenters. The highest BCUT2D eigenvalue weighted by Crippen LogP contribution is 2.21. The lowest BCUT2D eigenvalue weighted by Gasteiger charge is -2.35. The molecule has 1 aromatic carbocycles. The van der Waals surface area contributed by atoms with Crippen molar-refractivity contribution in [3.63, 3.8) is 0 Å². The monoisotopic (exact) mass is 344 g/mol. The molecule has 0 bridgehead atoms. The summed E-state index contributed by atoms with van der Waals surface area (Å²) in [5, 5.41) is 2.02. The van der Waals surface area contributed by atoms with Crippen LogP contribution < -0.4 is 4.90 Å². The van der Waals surface area contributed by atoms with Crippen molar-refractivity contribution in [3.8, 4) is 0 Å². The number of halogens is 1. The molecule has 0 atom stereocenters. The zero-order valence-electron chi connectivity index (χ0n) is 13.3. The number of thiazole rings is 1. The number of aromatic nitrogens is 2. The van der Waals surface area contributed by atoms with E-state index in [1.54, 1.807) is 23.2 Å². The second-order valence-electron chi connectivity index (χ2n) is 5.89. The number of amides is 1. The van der Waals surface area contributed by atoms with Gasteiger partial charge in [0, 0.05) is 43.4 Å². The van der Waals surface area contributed by atoms with Crippen molar-refractivity contribution in [3.05, 3.63) is 53.0 Å². The van der Waals surface area contributed by atoms with Crippen molar-refractivity contribution < 1.29 is 9.18 Å². The van der Waals surface area contributed by atoms with Gasteiger partial charge in [0.15, 0.2) is 4.96 Å². The van der Waals surface area contributed by atoms with Crippen LogP contribution in [0, 0.1) is 12.7 Å². The highest BCUT2D eigenvalue weighted by atomic mass is 32.1. The number of imidazole rings is 1. The smallest absolute Gasteiger partial charge is 0.274 e. The number of hydrogen-bond acceptors (Lipinski definition) is 4. The molecule has 3 heterocycles. The summed E-state index contributed by atoms with van der Waals surface area (Å²) in [6, 6.07) is 6.76. The van der Waals surface area contributed by atoms with Crippen molar-refractivity contribution in [1.29, 1.82) is 0 Å². The highest BCUT2D eigenvalue weighted by molar-refractivity contribution is 7.15. The van der Waals surface area contributed by atoms with E-state index in [1.165, 1.54) is 17.4 Å². The minimum atomic E-state index is -0.220. The summed E-state index contributed by atoms with van der Waals surface area (Å²) in [6.07, 6.45) is 1.80. The van der Waals surface area contributed by atoms with E-state index in [-0.39, 0.29) is 11.7 Å². The minimum absolute atomic E-state index is 0.0570. The number of fused-ring (bicyclic) bond motifs is 1. The first-order valence-corrected chi connectivity index (χ1v) is 8.73. The normalized spacial score (nSPS) is 15.2. The molecule has 3 aromatic rings. The van der Waals surface area contributed by atoms with Gasteiger partial charge in [-0.2, -0.15) is 0 Å². The van der Waals surface area contributed by atoms with Crippen molar-refractivity contribution in [2.45, 2.75) is 6.92 Å². The number of piperazine rings is 1. The third-order valence-electron chi connectivity index (χ3n) is 4.37. The van der Waals surface area contributed by atoms with Crippen LogP contribution in [0.5, 0.6) is 0 Å². The second-order valence-corrected chi connectivity index (χ2v) is 6.72. The molecule has 7 heteroatoms. The van der Waals surface area contributed by atoms with Gasteiger partial charge in [0.05, 0.1) is 5.69 Å². The number of aryl methyl sites for hydroxylation is 1. The molecule has 4 rings (SSSR count). The Morgan fingerprint density at radius 3 is 2.67 bits per heavy atom. The molecule has 5 nitrogen and oxygen atoms in total. The van der Waals surface area contributed by atoms with Gasteiger partial charge in [0.1, 0.15) is 11.5 Å². The number of carbonyl (C=O) groups excluding carboxylic acids is 1. The maximum atomic E-state index is 13.9. The number of nitrogens with zero attached hydrogens (tertiary/aromatic N) is 4. The van der Waals surface area contributed by atoms with Crippen LogP contribution in [0.25, 0.3) is 4.96 Å². The molecule has 1 saturated heterocycles. The molecular formula is C17H17FN4OS. The minimum Gasteiger partial charge on any atom is -0.366 e. The Morgan fingerprint density at radius 2 is 1.96 bits per heavy atom. The molecule has 0 saturated carbocycles. The molecule has 0 spiro atoms. The van der Waals surface area contributed by atoms with Crippen LogP contribution in [-0.4, -0.2) is 46.4 Å². The molecule has 2 aromatic heterocycles. The van der Waals surface area contributed by atoms with E-state index in [9.17, 15) is 9.18 Å². The number of benzene rings is 1. The van der Waals surface area contributed by atoms with Gasteiger partial charge in [-0.25, -0.2) is 9.37 Å². The predicted octanol–water partition coefficient (Wildman–Crippen LogP) is 2.81. The first-order chi connectivity index (χ1) is 11.6. The van der Waals surface area contributed by atoms with Gasteiger partial charge in [-0.3, -0.25) is 9.20 Å². The van der Waals surface area contributed by atoms with Crippen LogP contribution in [0.3, 0.4) is 0 Å². The fraction of sp³-hybridized carbons (Fsp3) is 0.294. The molecule has 24 heavy (non-hydrogen) atoms. The van der Waals surface area contributed by atoms with E-state index in [0.29, 0.717) is 37.6 Å². The molecule has 0 N–H and O–H groups in total. The van der Waals surface area contributed by atoms with E-state index in [0.717, 1.165) is 10.7 Å². The number of carbonyl (C=O) groups is 1. The molecule has 1 fully saturated rings. The summed E-state index contributed by atoms with van der Waals surface area (Å²) in [7, 11) is 0. The Kier molecular flexibility index (Phi) is 3.72. The van der Waals surface area contributed by atoms with Gasteiger partial charge < -0.3 is 9.80 Å². The van der Waals surface area contributed by atoms with Gasteiger partial charge in [-0.1, -0.05) is 12.1 Å². The summed E-state index contributed by atoms with van der Waals surface area (Å²) in [6.45, 7) is 4.36. The summed E-state index contributed by atoms with van der Waals surface area (Å²) >= 11 is 1.53. The van der Waals surface area contributed by atoms with E-state index >= 15 is 0 Å². The van der Waals surface area contributed by atoms with Crippen LogP contribution in [0.4, 0.5) is 10.1 Å². The molecule has 0 aliphatic carbocycles. The number of rotatable bonds is 2. The van der Waals surface area contributed by atoms with Crippen LogP contribution in [0.15, 0.2) is 35.8 Å². The average molecular weight is 344 g/mol. The van der Waals surface area contributed by atoms with Gasteiger partial charge in [0.2, 0.25) is 0 Å². The van der Waals surface area contributed by atoms with Crippen LogP contribution in [0.2, 0.25) is 0 Å². The van der Waals surface area contributed by atoms with Crippen molar-refractivity contribution in [2.75, 3.05) is 31.1 Å². The number of hydrogen-bond donors (Lipinski definition) is 0. The van der Waals surface area contributed by atoms with E-state index in [1.807, 2.05) is 27.7 Å². The Balaban J connectivity index is 1.47. The van der Waals surface area contributed by atoms with Crippen LogP contribution in [0.1, 0.15) is 16.2 Å². The summed E-state index contributed by atoms with van der Waals surface area (Å²) in [4.78, 5) is 21.7. The molecule has 0 radical (unpaired) electrons. The highest BCUT2D eigenvalue weighted by Gasteiger charge is 2.25. The largest absolute Gasteiger partial charge is 0.366 e. The summed E-state index contributed by atoms with van der Waals surface area (Å²) in [5.41, 5.74) is 2.15. The average Bonchev–Trinajstić information content (AvgIpc) is 3.17. The Labute approximate surface area is 142 Å². The Bertz CT molecular complexity index is 895. The summed E-state index contributed by atoms with van der Waals surface area (Å²) in [5.74, 6) is -0.277. The Hall–Kier alpha value is -2.41. The second kappa shape index (κ2) is 5.90. The lowest BCUT2D eigenvalue weighted by atomic mass is 10.2. The SMILES string of the molecule is Cc1csc2nc(C(=O)N3CCN(c4ccccc4F)CC3)cn12. The van der Waals surface area contributed by atoms with E-state index in [4.69, 9.17) is 0 Å². The van der Waals surface area contributed by atoms with Gasteiger partial charge in [-0.15, -0.1) is 11.3 Å². The maximum Gasteiger partial charge on any atom is 0.274 e. The first kappa shape index (κ1) is 15.1. The standard InChI is InChI=1S/C17H17FN4OS/c1-12-11-24-17-19-14(10-22(12)17)16(23)21-8-6-20(7-9-21)15-5-3-2-4-13(15)18/h2-5,10-11H,6-9H2,1H3. The summed E-state index contributed by atoms with van der Waals surface area (Å²) < 4.78 is 15.8. The topological polar surface area (TPSA) is 40.9 Å². The van der Waals surface area contributed by atoms with E-state index in [2.05, 4.69) is 4.98 Å². The Morgan fingerprint density at radius 1 is 1.21 bits per heavy atom. The predicted molar refractivity (Wildman–Crippen MR) is 92.3 cm³/mol. The van der Waals surface area contributed by atoms with Crippen molar-refractivity contribution in [2.24, 2.45) is 0 Å². The quantitative estimate of drug-likeness (QED) is 0.718. The lowest BCUT2D eigenvalue weighted by molar-refractivity contribution is 0.0741. The fourth-order valence-electron chi connectivity index (χ4n) is 3.02. The van der Waals surface area contributed by atoms with Gasteiger partial charge in [0.25, 0.3) is 5.91 Å².